The van der Waals surface area contributed by atoms with Crippen molar-refractivity contribution >= 4 is 40.9 Å². The lowest BCUT2D eigenvalue weighted by Gasteiger charge is -2.19. The van der Waals surface area contributed by atoms with E-state index < -0.39 is 0 Å². The van der Waals surface area contributed by atoms with Gasteiger partial charge in [0, 0.05) is 29.4 Å². The highest BCUT2D eigenvalue weighted by molar-refractivity contribution is 8.00. The highest BCUT2D eigenvalue weighted by Crippen LogP contribution is 2.30. The molecule has 0 aliphatic rings. The molecule has 0 saturated carbocycles. The van der Waals surface area contributed by atoms with Crippen LogP contribution in [0.2, 0.25) is 10.0 Å². The van der Waals surface area contributed by atoms with E-state index in [9.17, 15) is 4.79 Å². The molecule has 2 aromatic carbocycles. The zero-order valence-electron chi connectivity index (χ0n) is 15.4. The summed E-state index contributed by atoms with van der Waals surface area (Å²) in [5, 5.41) is 4.21. The van der Waals surface area contributed by atoms with E-state index in [1.165, 1.54) is 11.8 Å². The van der Waals surface area contributed by atoms with E-state index in [2.05, 4.69) is 10.3 Å². The van der Waals surface area contributed by atoms with Gasteiger partial charge in [-0.1, -0.05) is 35.3 Å². The molecule has 1 aromatic heterocycles. The fourth-order valence-corrected chi connectivity index (χ4v) is 3.99. The van der Waals surface area contributed by atoms with Crippen LogP contribution in [0, 0.1) is 0 Å². The number of nitrogens with one attached hydrogen (secondary N) is 1. The zero-order valence-corrected chi connectivity index (χ0v) is 17.7. The van der Waals surface area contributed by atoms with E-state index in [4.69, 9.17) is 27.9 Å². The second kappa shape index (κ2) is 9.37. The Hall–Kier alpha value is -2.15. The van der Waals surface area contributed by atoms with Crippen LogP contribution in [0.5, 0.6) is 5.75 Å². The number of amides is 1. The van der Waals surface area contributed by atoms with Crippen molar-refractivity contribution in [1.29, 1.82) is 0 Å². The second-order valence-corrected chi connectivity index (χ2v) is 7.89. The topological polar surface area (TPSA) is 56.1 Å². The number of rotatable bonds is 7. The smallest absolute Gasteiger partial charge is 0.231 e. The third-order valence-corrected chi connectivity index (χ3v) is 5.86. The average molecular weight is 436 g/mol. The van der Waals surface area contributed by atoms with Crippen molar-refractivity contribution in [2.75, 3.05) is 12.9 Å². The molecule has 0 spiro atoms. The molecular formula is C20H19Cl2N3O2S. The number of nitrogens with zero attached hydrogens (tertiary/aromatic N) is 2. The number of halogens is 2. The van der Waals surface area contributed by atoms with Gasteiger partial charge < -0.3 is 14.6 Å². The van der Waals surface area contributed by atoms with Gasteiger partial charge in [0.15, 0.2) is 0 Å². The molecule has 1 amide bonds. The Labute approximate surface area is 178 Å². The normalized spacial score (nSPS) is 11.9. The predicted octanol–water partition coefficient (Wildman–Crippen LogP) is 4.73. The quantitative estimate of drug-likeness (QED) is 0.544. The van der Waals surface area contributed by atoms with Crippen LogP contribution in [0.25, 0.3) is 0 Å². The standard InChI is InChI=1S/C20H19Cl2N3O2S/c1-25-10-9-23-20(25)19(13-3-6-15(27-2)7-4-13)24-18(26)12-28-17-11-14(21)5-8-16(17)22/h3-11,19H,12H2,1-2H3,(H,24,26). The van der Waals surface area contributed by atoms with Crippen LogP contribution in [0.15, 0.2) is 59.8 Å². The SMILES string of the molecule is COc1ccc(C(NC(=O)CSc2cc(Cl)ccc2Cl)c2nccn2C)cc1. The Morgan fingerprint density at radius 1 is 1.25 bits per heavy atom. The minimum atomic E-state index is -0.381. The second-order valence-electron chi connectivity index (χ2n) is 6.03. The number of aromatic nitrogens is 2. The zero-order chi connectivity index (χ0) is 20.1. The Kier molecular flexibility index (Phi) is 6.88. The minimum absolute atomic E-state index is 0.134. The van der Waals surface area contributed by atoms with Gasteiger partial charge in [-0.05, 0) is 35.9 Å². The van der Waals surface area contributed by atoms with Crippen LogP contribution in [0.4, 0.5) is 0 Å². The summed E-state index contributed by atoms with van der Waals surface area (Å²) in [6, 6.07) is 12.4. The molecule has 8 heteroatoms. The highest BCUT2D eigenvalue weighted by atomic mass is 35.5. The van der Waals surface area contributed by atoms with Gasteiger partial charge in [0.2, 0.25) is 5.91 Å². The predicted molar refractivity (Wildman–Crippen MR) is 113 cm³/mol. The molecule has 3 aromatic rings. The maximum Gasteiger partial charge on any atom is 0.231 e. The van der Waals surface area contributed by atoms with Crippen molar-refractivity contribution in [3.63, 3.8) is 0 Å². The molecule has 0 radical (unpaired) electrons. The van der Waals surface area contributed by atoms with E-state index in [0.717, 1.165) is 22.0 Å². The first-order chi connectivity index (χ1) is 13.5. The molecule has 28 heavy (non-hydrogen) atoms. The summed E-state index contributed by atoms with van der Waals surface area (Å²) in [4.78, 5) is 17.8. The molecule has 0 saturated heterocycles. The number of methoxy groups -OCH3 is 1. The average Bonchev–Trinajstić information content (AvgIpc) is 3.12. The molecule has 1 N–H and O–H groups in total. The summed E-state index contributed by atoms with van der Waals surface area (Å²) in [5.41, 5.74) is 0.911. The Morgan fingerprint density at radius 3 is 2.64 bits per heavy atom. The molecule has 0 fully saturated rings. The number of benzene rings is 2. The van der Waals surface area contributed by atoms with Gasteiger partial charge in [0.1, 0.15) is 17.6 Å². The number of carbonyl (C=O) groups excluding carboxylic acids is 1. The van der Waals surface area contributed by atoms with Crippen LogP contribution >= 0.6 is 35.0 Å². The van der Waals surface area contributed by atoms with Gasteiger partial charge in [-0.15, -0.1) is 11.8 Å². The lowest BCUT2D eigenvalue weighted by atomic mass is 10.1. The number of aryl methyl sites for hydroxylation is 1. The Morgan fingerprint density at radius 2 is 2.00 bits per heavy atom. The monoisotopic (exact) mass is 435 g/mol. The first-order valence-electron chi connectivity index (χ1n) is 8.46. The van der Waals surface area contributed by atoms with Crippen molar-refractivity contribution in [1.82, 2.24) is 14.9 Å². The van der Waals surface area contributed by atoms with Crippen LogP contribution in [0.3, 0.4) is 0 Å². The first kappa shape index (κ1) is 20.6. The molecule has 5 nitrogen and oxygen atoms in total. The van der Waals surface area contributed by atoms with Gasteiger partial charge in [-0.25, -0.2) is 4.98 Å². The van der Waals surface area contributed by atoms with Crippen molar-refractivity contribution < 1.29 is 9.53 Å². The molecule has 3 rings (SSSR count). The number of thioether (sulfide) groups is 1. The maximum absolute atomic E-state index is 12.7. The van der Waals surface area contributed by atoms with Gasteiger partial charge in [-0.2, -0.15) is 0 Å². The van der Waals surface area contributed by atoms with Crippen molar-refractivity contribution in [3.8, 4) is 5.75 Å². The van der Waals surface area contributed by atoms with E-state index in [1.807, 2.05) is 42.1 Å². The van der Waals surface area contributed by atoms with Crippen LogP contribution in [-0.4, -0.2) is 28.3 Å². The summed E-state index contributed by atoms with van der Waals surface area (Å²) in [6.45, 7) is 0. The third-order valence-electron chi connectivity index (χ3n) is 4.12. The lowest BCUT2D eigenvalue weighted by Crippen LogP contribution is -2.32. The number of hydrogen-bond donors (Lipinski definition) is 1. The number of carbonyl (C=O) groups is 1. The van der Waals surface area contributed by atoms with Crippen molar-refractivity contribution in [2.45, 2.75) is 10.9 Å². The van der Waals surface area contributed by atoms with E-state index in [-0.39, 0.29) is 17.7 Å². The molecule has 1 unspecified atom stereocenters. The Bertz CT molecular complexity index is 960. The molecule has 1 heterocycles. The minimum Gasteiger partial charge on any atom is -0.497 e. The molecule has 0 bridgehead atoms. The molecular weight excluding hydrogens is 417 g/mol. The molecule has 0 aliphatic heterocycles. The number of imidazole rings is 1. The number of ether oxygens (including phenoxy) is 1. The van der Waals surface area contributed by atoms with Gasteiger partial charge in [-0.3, -0.25) is 4.79 Å². The molecule has 146 valence electrons. The van der Waals surface area contributed by atoms with Gasteiger partial charge in [0.25, 0.3) is 0 Å². The van der Waals surface area contributed by atoms with E-state index >= 15 is 0 Å². The van der Waals surface area contributed by atoms with Crippen molar-refractivity contribution in [2.24, 2.45) is 7.05 Å². The van der Waals surface area contributed by atoms with Crippen molar-refractivity contribution in [3.05, 3.63) is 76.3 Å². The third kappa shape index (κ3) is 5.01. The van der Waals surface area contributed by atoms with Crippen LogP contribution < -0.4 is 10.1 Å². The van der Waals surface area contributed by atoms with Crippen LogP contribution in [-0.2, 0) is 11.8 Å². The largest absolute Gasteiger partial charge is 0.497 e. The summed E-state index contributed by atoms with van der Waals surface area (Å²) in [5.74, 6) is 1.56. The maximum atomic E-state index is 12.7. The van der Waals surface area contributed by atoms with Gasteiger partial charge in [0.05, 0.1) is 17.9 Å². The lowest BCUT2D eigenvalue weighted by molar-refractivity contribution is -0.119. The van der Waals surface area contributed by atoms with E-state index in [0.29, 0.717) is 10.0 Å². The molecule has 1 atom stereocenters. The van der Waals surface area contributed by atoms with Crippen LogP contribution in [0.1, 0.15) is 17.4 Å². The molecule has 0 aliphatic carbocycles. The summed E-state index contributed by atoms with van der Waals surface area (Å²) < 4.78 is 7.10. The fourth-order valence-electron chi connectivity index (χ4n) is 2.68. The highest BCUT2D eigenvalue weighted by Gasteiger charge is 2.21. The number of hydrogen-bond acceptors (Lipinski definition) is 4. The van der Waals surface area contributed by atoms with Gasteiger partial charge >= 0.3 is 0 Å². The Balaban J connectivity index is 1.76. The fraction of sp³-hybridized carbons (Fsp3) is 0.200. The first-order valence-corrected chi connectivity index (χ1v) is 10.2. The summed E-state index contributed by atoms with van der Waals surface area (Å²) >= 11 is 13.5. The summed E-state index contributed by atoms with van der Waals surface area (Å²) in [6.07, 6.45) is 3.55. The summed E-state index contributed by atoms with van der Waals surface area (Å²) in [7, 11) is 3.51. The van der Waals surface area contributed by atoms with E-state index in [1.54, 1.807) is 31.5 Å².